The topological polar surface area (TPSA) is 82.0 Å². The summed E-state index contributed by atoms with van der Waals surface area (Å²) in [5.74, 6) is -0.313. The minimum absolute atomic E-state index is 0.139. The van der Waals surface area contributed by atoms with Gasteiger partial charge in [-0.3, -0.25) is 0 Å². The van der Waals surface area contributed by atoms with Gasteiger partial charge in [-0.25, -0.2) is 4.79 Å². The van der Waals surface area contributed by atoms with Crippen molar-refractivity contribution in [2.24, 2.45) is 0 Å². The molecule has 6 nitrogen and oxygen atoms in total. The Morgan fingerprint density at radius 2 is 1.78 bits per heavy atom. The first kappa shape index (κ1) is 19.4. The second-order valence-electron chi connectivity index (χ2n) is 3.92. The van der Waals surface area contributed by atoms with Gasteiger partial charge in [-0.1, -0.05) is 6.58 Å². The molecule has 0 rings (SSSR count). The highest BCUT2D eigenvalue weighted by Gasteiger charge is 2.01. The summed E-state index contributed by atoms with van der Waals surface area (Å²) < 4.78 is 4.83. The Balaban J connectivity index is 0. The average molecular weight is 262 g/mol. The molecule has 0 bridgehead atoms. The standard InChI is InChI=1S/C8H15NO2.C4H11NO2/c1-7(2)8(10)11-6-5-9(3)4;6-3-1-5-2-4-7/h1,5-6H2,2-4H3;5-7H,1-4H2. The first-order chi connectivity index (χ1) is 8.45. The van der Waals surface area contributed by atoms with Crippen LogP contribution in [0.1, 0.15) is 6.92 Å². The quantitative estimate of drug-likeness (QED) is 0.303. The highest BCUT2D eigenvalue weighted by molar-refractivity contribution is 5.86. The number of carbonyl (C=O) groups is 1. The molecule has 0 aliphatic carbocycles. The molecule has 6 heteroatoms. The van der Waals surface area contributed by atoms with Crippen LogP contribution in [0.3, 0.4) is 0 Å². The summed E-state index contributed by atoms with van der Waals surface area (Å²) in [5, 5.41) is 19.1. The lowest BCUT2D eigenvalue weighted by molar-refractivity contribution is -0.139. The summed E-state index contributed by atoms with van der Waals surface area (Å²) in [5.41, 5.74) is 0.448. The van der Waals surface area contributed by atoms with Gasteiger partial charge in [0.1, 0.15) is 6.61 Å². The van der Waals surface area contributed by atoms with Crippen LogP contribution in [0.2, 0.25) is 0 Å². The Labute approximate surface area is 109 Å². The van der Waals surface area contributed by atoms with Gasteiger partial charge >= 0.3 is 5.97 Å². The molecule has 0 fully saturated rings. The monoisotopic (exact) mass is 262 g/mol. The van der Waals surface area contributed by atoms with Crippen LogP contribution in [0.15, 0.2) is 12.2 Å². The van der Waals surface area contributed by atoms with E-state index >= 15 is 0 Å². The molecule has 3 N–H and O–H groups in total. The number of hydrogen-bond donors (Lipinski definition) is 3. The van der Waals surface area contributed by atoms with Crippen molar-refractivity contribution in [3.63, 3.8) is 0 Å². The SMILES string of the molecule is C=C(C)C(=O)OCCN(C)C.OCCNCCO. The van der Waals surface area contributed by atoms with Gasteiger partial charge in [0.25, 0.3) is 0 Å². The van der Waals surface area contributed by atoms with E-state index in [2.05, 4.69) is 11.9 Å². The first-order valence-corrected chi connectivity index (χ1v) is 5.85. The van der Waals surface area contributed by atoms with E-state index in [1.807, 2.05) is 19.0 Å². The summed E-state index contributed by atoms with van der Waals surface area (Å²) >= 11 is 0. The van der Waals surface area contributed by atoms with E-state index < -0.39 is 0 Å². The van der Waals surface area contributed by atoms with Gasteiger partial charge in [0.15, 0.2) is 0 Å². The zero-order valence-corrected chi connectivity index (χ0v) is 11.6. The van der Waals surface area contributed by atoms with Crippen molar-refractivity contribution in [2.45, 2.75) is 6.92 Å². The third-order valence-corrected chi connectivity index (χ3v) is 1.70. The van der Waals surface area contributed by atoms with Gasteiger partial charge in [-0.2, -0.15) is 0 Å². The second kappa shape index (κ2) is 14.1. The van der Waals surface area contributed by atoms with Crippen LogP contribution in [0.5, 0.6) is 0 Å². The molecule has 0 radical (unpaired) electrons. The molecule has 0 amide bonds. The summed E-state index contributed by atoms with van der Waals surface area (Å²) in [6.07, 6.45) is 0. The predicted octanol–water partition coefficient (Wildman–Crippen LogP) is -0.772. The highest BCUT2D eigenvalue weighted by atomic mass is 16.5. The van der Waals surface area contributed by atoms with Crippen molar-refractivity contribution in [1.29, 1.82) is 0 Å². The van der Waals surface area contributed by atoms with Gasteiger partial charge in [0.05, 0.1) is 13.2 Å². The molecule has 0 saturated carbocycles. The average Bonchev–Trinajstić information content (AvgIpc) is 2.30. The Morgan fingerprint density at radius 1 is 1.28 bits per heavy atom. The molecule has 0 spiro atoms. The molecule has 0 aromatic rings. The Hall–Kier alpha value is -0.950. The third kappa shape index (κ3) is 17.4. The second-order valence-corrected chi connectivity index (χ2v) is 3.92. The van der Waals surface area contributed by atoms with Crippen LogP contribution in [0.25, 0.3) is 0 Å². The molecule has 0 aliphatic heterocycles. The van der Waals surface area contributed by atoms with E-state index in [0.717, 1.165) is 6.54 Å². The van der Waals surface area contributed by atoms with E-state index in [0.29, 0.717) is 25.3 Å². The summed E-state index contributed by atoms with van der Waals surface area (Å²) in [4.78, 5) is 12.7. The molecule has 0 saturated heterocycles. The van der Waals surface area contributed by atoms with E-state index in [4.69, 9.17) is 14.9 Å². The maximum Gasteiger partial charge on any atom is 0.333 e. The van der Waals surface area contributed by atoms with Crippen molar-refractivity contribution >= 4 is 5.97 Å². The highest BCUT2D eigenvalue weighted by Crippen LogP contribution is 1.91. The Kier molecular flexibility index (Phi) is 15.2. The van der Waals surface area contributed by atoms with Gasteiger partial charge in [-0.05, 0) is 21.0 Å². The van der Waals surface area contributed by atoms with Gasteiger partial charge in [-0.15, -0.1) is 0 Å². The normalized spacial score (nSPS) is 9.67. The number of rotatable bonds is 8. The number of esters is 1. The number of aliphatic hydroxyl groups is 2. The van der Waals surface area contributed by atoms with E-state index in [9.17, 15) is 4.79 Å². The summed E-state index contributed by atoms with van der Waals surface area (Å²) in [6, 6.07) is 0. The molecular formula is C12H26N2O4. The van der Waals surface area contributed by atoms with Crippen LogP contribution in [-0.2, 0) is 9.53 Å². The molecule has 18 heavy (non-hydrogen) atoms. The minimum atomic E-state index is -0.313. The van der Waals surface area contributed by atoms with E-state index in [1.54, 1.807) is 6.92 Å². The van der Waals surface area contributed by atoms with Crippen LogP contribution >= 0.6 is 0 Å². The largest absolute Gasteiger partial charge is 0.461 e. The maximum atomic E-state index is 10.8. The lowest BCUT2D eigenvalue weighted by Gasteiger charge is -2.09. The van der Waals surface area contributed by atoms with Gasteiger partial charge in [0.2, 0.25) is 0 Å². The molecule has 0 aromatic carbocycles. The minimum Gasteiger partial charge on any atom is -0.461 e. The maximum absolute atomic E-state index is 10.8. The van der Waals surface area contributed by atoms with Crippen LogP contribution < -0.4 is 5.32 Å². The van der Waals surface area contributed by atoms with Gasteiger partial charge < -0.3 is 25.2 Å². The molecule has 0 heterocycles. The fourth-order valence-corrected chi connectivity index (χ4v) is 0.727. The molecule has 0 aliphatic rings. The fourth-order valence-electron chi connectivity index (χ4n) is 0.727. The fraction of sp³-hybridized carbons (Fsp3) is 0.750. The van der Waals surface area contributed by atoms with Gasteiger partial charge in [0, 0.05) is 25.2 Å². The van der Waals surface area contributed by atoms with E-state index in [1.165, 1.54) is 0 Å². The number of nitrogens with zero attached hydrogens (tertiary/aromatic N) is 1. The lowest BCUT2D eigenvalue weighted by Crippen LogP contribution is -2.21. The zero-order chi connectivity index (χ0) is 14.4. The van der Waals surface area contributed by atoms with E-state index in [-0.39, 0.29) is 19.2 Å². The Morgan fingerprint density at radius 3 is 2.11 bits per heavy atom. The first-order valence-electron chi connectivity index (χ1n) is 5.85. The van der Waals surface area contributed by atoms with Crippen molar-refractivity contribution in [1.82, 2.24) is 10.2 Å². The van der Waals surface area contributed by atoms with Crippen molar-refractivity contribution in [3.8, 4) is 0 Å². The molecule has 0 atom stereocenters. The number of carbonyl (C=O) groups excluding carboxylic acids is 1. The van der Waals surface area contributed by atoms with Crippen molar-refractivity contribution in [2.75, 3.05) is 53.6 Å². The number of ether oxygens (including phenoxy) is 1. The number of hydrogen-bond acceptors (Lipinski definition) is 6. The molecule has 0 aromatic heterocycles. The third-order valence-electron chi connectivity index (χ3n) is 1.70. The number of likely N-dealkylation sites (N-methyl/N-ethyl adjacent to an activating group) is 1. The molecule has 0 unspecified atom stereocenters. The predicted molar refractivity (Wildman–Crippen MR) is 71.4 cm³/mol. The zero-order valence-electron chi connectivity index (χ0n) is 11.6. The molecular weight excluding hydrogens is 236 g/mol. The molecule has 108 valence electrons. The van der Waals surface area contributed by atoms with Crippen LogP contribution in [-0.4, -0.2) is 74.6 Å². The Bertz CT molecular complexity index is 216. The van der Waals surface area contributed by atoms with Crippen LogP contribution in [0, 0.1) is 0 Å². The van der Waals surface area contributed by atoms with Crippen LogP contribution in [0.4, 0.5) is 0 Å². The smallest absolute Gasteiger partial charge is 0.333 e. The van der Waals surface area contributed by atoms with Crippen molar-refractivity contribution < 1.29 is 19.7 Å². The number of nitrogens with one attached hydrogen (secondary N) is 1. The number of aliphatic hydroxyl groups excluding tert-OH is 2. The summed E-state index contributed by atoms with van der Waals surface area (Å²) in [7, 11) is 3.85. The lowest BCUT2D eigenvalue weighted by atomic mass is 10.4. The van der Waals surface area contributed by atoms with Crippen molar-refractivity contribution in [3.05, 3.63) is 12.2 Å². The summed E-state index contributed by atoms with van der Waals surface area (Å²) in [6.45, 7) is 7.70.